The highest BCUT2D eigenvalue weighted by Gasteiger charge is 2.67. The van der Waals surface area contributed by atoms with E-state index in [2.05, 4.69) is 4.84 Å². The third-order valence-electron chi connectivity index (χ3n) is 1.76. The van der Waals surface area contributed by atoms with Crippen LogP contribution >= 0.6 is 0 Å². The molecule has 1 aliphatic rings. The van der Waals surface area contributed by atoms with Crippen LogP contribution in [0.3, 0.4) is 0 Å². The quantitative estimate of drug-likeness (QED) is 0.326. The van der Waals surface area contributed by atoms with Crippen LogP contribution < -0.4 is 0 Å². The highest BCUT2D eigenvalue weighted by molar-refractivity contribution is 4.75. The van der Waals surface area contributed by atoms with Gasteiger partial charge in [-0.15, -0.1) is 10.1 Å². The van der Waals surface area contributed by atoms with Crippen LogP contribution in [0.5, 0.6) is 0 Å². The fourth-order valence-electron chi connectivity index (χ4n) is 1.04. The molecule has 1 atom stereocenters. The molecule has 0 aromatic rings. The highest BCUT2D eigenvalue weighted by Crippen LogP contribution is 2.32. The lowest BCUT2D eigenvalue weighted by Gasteiger charge is -2.34. The van der Waals surface area contributed by atoms with Crippen LogP contribution in [-0.4, -0.2) is 32.4 Å². The number of nitro groups is 2. The summed E-state index contributed by atoms with van der Waals surface area (Å²) in [6, 6.07) is 0. The molecule has 0 saturated carbocycles. The van der Waals surface area contributed by atoms with E-state index in [0.29, 0.717) is 0 Å². The van der Waals surface area contributed by atoms with Crippen molar-refractivity contribution < 1.29 is 19.9 Å². The lowest BCUT2D eigenvalue weighted by molar-refractivity contribution is -0.926. The van der Waals surface area contributed by atoms with E-state index in [1.807, 2.05) is 0 Å². The van der Waals surface area contributed by atoms with Crippen molar-refractivity contribution in [2.45, 2.75) is 12.3 Å². The van der Waals surface area contributed by atoms with Crippen molar-refractivity contribution in [3.05, 3.63) is 30.3 Å². The molecule has 0 N–H and O–H groups in total. The molecule has 1 unspecified atom stereocenters. The summed E-state index contributed by atoms with van der Waals surface area (Å²) >= 11 is 0. The first-order chi connectivity index (χ1) is 6.40. The highest BCUT2D eigenvalue weighted by atomic mass is 17.0. The standard InChI is InChI=1S/C3H4N4O7/c8-5(9)3(14-7(12)13)1-2-4(3)6(10)11/h1-2H2. The van der Waals surface area contributed by atoms with E-state index in [4.69, 9.17) is 0 Å². The number of hydrogen-bond donors (Lipinski definition) is 0. The zero-order valence-corrected chi connectivity index (χ0v) is 6.56. The number of hydrogen-bond acceptors (Lipinski definition) is 7. The SMILES string of the molecule is O=[N+]([O-])OC1([N+](=O)[O-])CCN1[N+](=O)[O-]. The Hall–Kier alpha value is -2.20. The van der Waals surface area contributed by atoms with Gasteiger partial charge in [0.05, 0.1) is 11.3 Å². The molecule has 14 heavy (non-hydrogen) atoms. The fourth-order valence-corrected chi connectivity index (χ4v) is 1.04. The molecular formula is C3H4N4O7. The molecule has 1 fully saturated rings. The van der Waals surface area contributed by atoms with Gasteiger partial charge in [-0.3, -0.25) is 10.1 Å². The van der Waals surface area contributed by atoms with Crippen LogP contribution in [0.1, 0.15) is 6.42 Å². The van der Waals surface area contributed by atoms with Crippen molar-refractivity contribution in [1.29, 1.82) is 0 Å². The summed E-state index contributed by atoms with van der Waals surface area (Å²) in [5, 5.41) is 28.0. The first-order valence-electron chi connectivity index (χ1n) is 3.30. The molecule has 0 radical (unpaired) electrons. The summed E-state index contributed by atoms with van der Waals surface area (Å²) in [5.74, 6) is -2.66. The molecule has 1 saturated heterocycles. The van der Waals surface area contributed by atoms with E-state index in [1.165, 1.54) is 0 Å². The second kappa shape index (κ2) is 2.93. The molecule has 0 spiro atoms. The maximum absolute atomic E-state index is 10.4. The Morgan fingerprint density at radius 3 is 2.00 bits per heavy atom. The molecule has 1 rings (SSSR count). The van der Waals surface area contributed by atoms with E-state index >= 15 is 0 Å². The molecule has 0 amide bonds. The van der Waals surface area contributed by atoms with Gasteiger partial charge in [-0.05, 0) is 5.01 Å². The molecule has 0 aromatic carbocycles. The average molecular weight is 208 g/mol. The summed E-state index contributed by atoms with van der Waals surface area (Å²) in [4.78, 5) is 33.0. The van der Waals surface area contributed by atoms with E-state index in [-0.39, 0.29) is 11.6 Å². The van der Waals surface area contributed by atoms with Crippen LogP contribution in [0.2, 0.25) is 0 Å². The van der Waals surface area contributed by atoms with Gasteiger partial charge in [-0.1, -0.05) is 0 Å². The first kappa shape index (κ1) is 9.88. The lowest BCUT2D eigenvalue weighted by Crippen LogP contribution is -2.68. The second-order valence-electron chi connectivity index (χ2n) is 2.43. The normalized spacial score (nSPS) is 25.0. The molecule has 1 aliphatic heterocycles. The Bertz CT molecular complexity index is 303. The molecule has 1 heterocycles. The number of hydrazine groups is 1. The van der Waals surface area contributed by atoms with E-state index in [0.717, 1.165) is 0 Å². The molecule has 0 bridgehead atoms. The monoisotopic (exact) mass is 208 g/mol. The van der Waals surface area contributed by atoms with Gasteiger partial charge in [0.25, 0.3) is 0 Å². The molecule has 0 aliphatic carbocycles. The van der Waals surface area contributed by atoms with Crippen LogP contribution in [-0.2, 0) is 4.84 Å². The van der Waals surface area contributed by atoms with Crippen molar-refractivity contribution in [3.63, 3.8) is 0 Å². The summed E-state index contributed by atoms with van der Waals surface area (Å²) in [5.41, 5.74) is 0. The van der Waals surface area contributed by atoms with E-state index in [9.17, 15) is 30.3 Å². The Kier molecular flexibility index (Phi) is 2.07. The minimum atomic E-state index is -2.66. The van der Waals surface area contributed by atoms with Crippen molar-refractivity contribution in [2.24, 2.45) is 0 Å². The van der Waals surface area contributed by atoms with Gasteiger partial charge in [-0.2, -0.15) is 0 Å². The second-order valence-corrected chi connectivity index (χ2v) is 2.43. The molecule has 0 aromatic heterocycles. The number of nitrogens with zero attached hydrogens (tertiary/aromatic N) is 4. The Balaban J connectivity index is 2.89. The van der Waals surface area contributed by atoms with Gasteiger partial charge in [0.2, 0.25) is 0 Å². The van der Waals surface area contributed by atoms with Crippen LogP contribution in [0.25, 0.3) is 0 Å². The maximum atomic E-state index is 10.4. The van der Waals surface area contributed by atoms with Gasteiger partial charge in [0, 0.05) is 0 Å². The largest absolute Gasteiger partial charge is 0.494 e. The minimum absolute atomic E-state index is 0.0653. The van der Waals surface area contributed by atoms with Crippen molar-refractivity contribution in [3.8, 4) is 0 Å². The van der Waals surface area contributed by atoms with E-state index in [1.54, 1.807) is 0 Å². The predicted octanol–water partition coefficient (Wildman–Crippen LogP) is -0.977. The zero-order valence-electron chi connectivity index (χ0n) is 6.56. The summed E-state index contributed by atoms with van der Waals surface area (Å²) < 4.78 is 0. The maximum Gasteiger partial charge on any atom is 0.494 e. The third-order valence-corrected chi connectivity index (χ3v) is 1.76. The van der Waals surface area contributed by atoms with Gasteiger partial charge < -0.3 is 0 Å². The zero-order chi connectivity index (χ0) is 10.9. The fraction of sp³-hybridized carbons (Fsp3) is 1.00. The number of rotatable bonds is 4. The third kappa shape index (κ3) is 1.23. The van der Waals surface area contributed by atoms with Gasteiger partial charge in [0.15, 0.2) is 5.03 Å². The Labute approximate surface area is 75.2 Å². The summed E-state index contributed by atoms with van der Waals surface area (Å²) in [6.45, 7) is -0.262. The predicted molar refractivity (Wildman–Crippen MR) is 36.1 cm³/mol. The first-order valence-corrected chi connectivity index (χ1v) is 3.30. The topological polar surface area (TPSA) is 142 Å². The summed E-state index contributed by atoms with van der Waals surface area (Å²) in [6.07, 6.45) is -0.401. The lowest BCUT2D eigenvalue weighted by atomic mass is 10.1. The summed E-state index contributed by atoms with van der Waals surface area (Å²) in [7, 11) is 0. The smallest absolute Gasteiger partial charge is 0.260 e. The van der Waals surface area contributed by atoms with Crippen LogP contribution in [0.15, 0.2) is 0 Å². The van der Waals surface area contributed by atoms with Gasteiger partial charge in [0.1, 0.15) is 6.54 Å². The van der Waals surface area contributed by atoms with Gasteiger partial charge in [-0.25, -0.2) is 15.0 Å². The van der Waals surface area contributed by atoms with Crippen molar-refractivity contribution >= 4 is 0 Å². The Morgan fingerprint density at radius 1 is 1.21 bits per heavy atom. The van der Waals surface area contributed by atoms with Gasteiger partial charge >= 0.3 is 10.9 Å². The van der Waals surface area contributed by atoms with Crippen molar-refractivity contribution in [1.82, 2.24) is 5.01 Å². The molecular weight excluding hydrogens is 204 g/mol. The average Bonchev–Trinajstić information content (AvgIpc) is 1.95. The molecule has 11 nitrogen and oxygen atoms in total. The van der Waals surface area contributed by atoms with Crippen LogP contribution in [0, 0.1) is 30.3 Å². The molecule has 78 valence electrons. The minimum Gasteiger partial charge on any atom is -0.260 e. The van der Waals surface area contributed by atoms with Crippen molar-refractivity contribution in [2.75, 3.05) is 6.54 Å². The van der Waals surface area contributed by atoms with Crippen LogP contribution in [0.4, 0.5) is 0 Å². The molecule has 11 heteroatoms. The Morgan fingerprint density at radius 2 is 1.79 bits per heavy atom. The van der Waals surface area contributed by atoms with E-state index < -0.39 is 27.3 Å².